The Morgan fingerprint density at radius 3 is 2.89 bits per heavy atom. The molecule has 6 nitrogen and oxygen atoms in total. The highest BCUT2D eigenvalue weighted by molar-refractivity contribution is 7.98. The van der Waals surface area contributed by atoms with Gasteiger partial charge in [0.25, 0.3) is 0 Å². The molecule has 0 fully saturated rings. The molecule has 0 unspecified atom stereocenters. The van der Waals surface area contributed by atoms with Crippen molar-refractivity contribution in [2.45, 2.75) is 24.8 Å². The lowest BCUT2D eigenvalue weighted by Gasteiger charge is -2.03. The van der Waals surface area contributed by atoms with Crippen LogP contribution < -0.4 is 10.0 Å². The minimum absolute atomic E-state index is 0.233. The minimum atomic E-state index is -3.41. The van der Waals surface area contributed by atoms with E-state index in [0.29, 0.717) is 13.1 Å². The zero-order chi connectivity index (χ0) is 14.1. The van der Waals surface area contributed by atoms with Crippen molar-refractivity contribution in [1.82, 2.24) is 19.8 Å². The molecule has 0 bridgehead atoms. The van der Waals surface area contributed by atoms with Crippen molar-refractivity contribution in [3.05, 3.63) is 12.4 Å². The third-order valence-corrected chi connectivity index (χ3v) is 4.54. The van der Waals surface area contributed by atoms with E-state index in [0.717, 1.165) is 25.3 Å². The zero-order valence-electron chi connectivity index (χ0n) is 11.4. The largest absolute Gasteiger partial charge is 0.317 e. The second-order valence-electron chi connectivity index (χ2n) is 4.04. The van der Waals surface area contributed by atoms with Crippen LogP contribution in [0, 0.1) is 0 Å². The summed E-state index contributed by atoms with van der Waals surface area (Å²) < 4.78 is 28.0. The molecule has 0 aromatic carbocycles. The Labute approximate surface area is 119 Å². The maximum atomic E-state index is 11.9. The molecular weight excluding hydrogens is 284 g/mol. The van der Waals surface area contributed by atoms with E-state index in [-0.39, 0.29) is 4.90 Å². The van der Waals surface area contributed by atoms with Crippen molar-refractivity contribution in [3.8, 4) is 0 Å². The molecule has 0 aliphatic heterocycles. The molecule has 1 rings (SSSR count). The van der Waals surface area contributed by atoms with Crippen LogP contribution in [0.25, 0.3) is 0 Å². The monoisotopic (exact) mass is 306 g/mol. The van der Waals surface area contributed by atoms with Crippen LogP contribution in [-0.4, -0.2) is 49.8 Å². The second kappa shape index (κ2) is 8.57. The molecule has 110 valence electrons. The lowest BCUT2D eigenvalue weighted by molar-refractivity contribution is 0.549. The van der Waals surface area contributed by atoms with Gasteiger partial charge in [0, 0.05) is 25.0 Å². The van der Waals surface area contributed by atoms with Crippen LogP contribution >= 0.6 is 11.8 Å². The third kappa shape index (κ3) is 5.94. The first-order valence-corrected chi connectivity index (χ1v) is 9.19. The predicted octanol–water partition coefficient (Wildman–Crippen LogP) is 0.524. The fourth-order valence-corrected chi connectivity index (χ4v) is 2.93. The molecule has 0 amide bonds. The summed E-state index contributed by atoms with van der Waals surface area (Å²) >= 11 is 1.60. The lowest BCUT2D eigenvalue weighted by Crippen LogP contribution is -2.25. The van der Waals surface area contributed by atoms with Crippen LogP contribution in [0.1, 0.15) is 13.3 Å². The average Bonchev–Trinajstić information content (AvgIpc) is 2.84. The SMILES string of the molecule is CCNCCCn1cc(S(=O)(=O)NCCSC)cn1. The van der Waals surface area contributed by atoms with Crippen LogP contribution in [0.2, 0.25) is 0 Å². The van der Waals surface area contributed by atoms with Crippen LogP contribution in [0.4, 0.5) is 0 Å². The topological polar surface area (TPSA) is 76.0 Å². The zero-order valence-corrected chi connectivity index (χ0v) is 13.1. The molecule has 1 aromatic heterocycles. The van der Waals surface area contributed by atoms with Gasteiger partial charge in [-0.05, 0) is 25.8 Å². The molecule has 0 aliphatic rings. The van der Waals surface area contributed by atoms with Crippen molar-refractivity contribution >= 4 is 21.8 Å². The first kappa shape index (κ1) is 16.5. The average molecular weight is 306 g/mol. The van der Waals surface area contributed by atoms with E-state index in [4.69, 9.17) is 0 Å². The first-order chi connectivity index (χ1) is 9.10. The maximum absolute atomic E-state index is 11.9. The summed E-state index contributed by atoms with van der Waals surface area (Å²) in [6.07, 6.45) is 5.84. The van der Waals surface area contributed by atoms with E-state index in [1.807, 2.05) is 6.26 Å². The number of aromatic nitrogens is 2. The van der Waals surface area contributed by atoms with Crippen molar-refractivity contribution in [3.63, 3.8) is 0 Å². The van der Waals surface area contributed by atoms with Gasteiger partial charge < -0.3 is 5.32 Å². The molecule has 0 saturated heterocycles. The number of nitrogens with one attached hydrogen (secondary N) is 2. The summed E-state index contributed by atoms with van der Waals surface area (Å²) in [7, 11) is -3.41. The molecule has 8 heteroatoms. The molecule has 0 spiro atoms. The van der Waals surface area contributed by atoms with Crippen LogP contribution in [0.3, 0.4) is 0 Å². The smallest absolute Gasteiger partial charge is 0.243 e. The highest BCUT2D eigenvalue weighted by Crippen LogP contribution is 2.07. The third-order valence-electron chi connectivity index (χ3n) is 2.51. The van der Waals surface area contributed by atoms with Gasteiger partial charge in [-0.1, -0.05) is 6.92 Å². The summed E-state index contributed by atoms with van der Waals surface area (Å²) in [5, 5.41) is 7.29. The molecule has 19 heavy (non-hydrogen) atoms. The van der Waals surface area contributed by atoms with E-state index >= 15 is 0 Å². The van der Waals surface area contributed by atoms with E-state index in [2.05, 4.69) is 22.1 Å². The molecule has 1 aromatic rings. The van der Waals surface area contributed by atoms with Gasteiger partial charge in [0.15, 0.2) is 0 Å². The fourth-order valence-electron chi connectivity index (χ4n) is 1.51. The molecule has 0 aliphatic carbocycles. The Morgan fingerprint density at radius 2 is 2.21 bits per heavy atom. The van der Waals surface area contributed by atoms with Crippen molar-refractivity contribution in [2.75, 3.05) is 31.6 Å². The van der Waals surface area contributed by atoms with Crippen molar-refractivity contribution < 1.29 is 8.42 Å². The summed E-state index contributed by atoms with van der Waals surface area (Å²) in [6.45, 7) is 5.06. The highest BCUT2D eigenvalue weighted by atomic mass is 32.2. The number of hydrogen-bond acceptors (Lipinski definition) is 5. The van der Waals surface area contributed by atoms with Crippen LogP contribution in [-0.2, 0) is 16.6 Å². The van der Waals surface area contributed by atoms with Crippen LogP contribution in [0.5, 0.6) is 0 Å². The van der Waals surface area contributed by atoms with Gasteiger partial charge in [-0.25, -0.2) is 13.1 Å². The Balaban J connectivity index is 2.48. The summed E-state index contributed by atoms with van der Waals surface area (Å²) in [5.41, 5.74) is 0. The normalized spacial score (nSPS) is 11.9. The van der Waals surface area contributed by atoms with Gasteiger partial charge in [0.1, 0.15) is 4.90 Å². The van der Waals surface area contributed by atoms with Crippen molar-refractivity contribution in [2.24, 2.45) is 0 Å². The van der Waals surface area contributed by atoms with Crippen LogP contribution in [0.15, 0.2) is 17.3 Å². The number of sulfonamides is 1. The Bertz CT molecular complexity index is 459. The standard InChI is InChI=1S/C11H22N4O2S2/c1-3-12-5-4-7-15-10-11(9-13-15)19(16,17)14-6-8-18-2/h9-10,12,14H,3-8H2,1-2H3. The summed E-state index contributed by atoms with van der Waals surface area (Å²) in [6, 6.07) is 0. The second-order valence-corrected chi connectivity index (χ2v) is 6.79. The molecule has 0 saturated carbocycles. The molecule has 1 heterocycles. The van der Waals surface area contributed by atoms with Gasteiger partial charge in [-0.15, -0.1) is 0 Å². The predicted molar refractivity (Wildman–Crippen MR) is 79.0 cm³/mol. The number of aryl methyl sites for hydroxylation is 1. The number of hydrogen-bond donors (Lipinski definition) is 2. The Kier molecular flexibility index (Phi) is 7.44. The molecule has 0 atom stereocenters. The van der Waals surface area contributed by atoms with E-state index < -0.39 is 10.0 Å². The minimum Gasteiger partial charge on any atom is -0.317 e. The highest BCUT2D eigenvalue weighted by Gasteiger charge is 2.15. The quantitative estimate of drug-likeness (QED) is 0.617. The summed E-state index contributed by atoms with van der Waals surface area (Å²) in [5.74, 6) is 0.760. The van der Waals surface area contributed by atoms with Gasteiger partial charge in [-0.3, -0.25) is 4.68 Å². The fraction of sp³-hybridized carbons (Fsp3) is 0.727. The number of nitrogens with zero attached hydrogens (tertiary/aromatic N) is 2. The first-order valence-electron chi connectivity index (χ1n) is 6.32. The summed E-state index contributed by atoms with van der Waals surface area (Å²) in [4.78, 5) is 0.233. The van der Waals surface area contributed by atoms with Gasteiger partial charge >= 0.3 is 0 Å². The Morgan fingerprint density at radius 1 is 1.42 bits per heavy atom. The van der Waals surface area contributed by atoms with Gasteiger partial charge in [-0.2, -0.15) is 16.9 Å². The van der Waals surface area contributed by atoms with Gasteiger partial charge in [0.2, 0.25) is 10.0 Å². The molecule has 0 radical (unpaired) electrons. The van der Waals surface area contributed by atoms with Gasteiger partial charge in [0.05, 0.1) is 6.20 Å². The number of thioether (sulfide) groups is 1. The van der Waals surface area contributed by atoms with E-state index in [1.54, 1.807) is 22.6 Å². The van der Waals surface area contributed by atoms with Crippen molar-refractivity contribution in [1.29, 1.82) is 0 Å². The number of rotatable bonds is 10. The molecule has 2 N–H and O–H groups in total. The van der Waals surface area contributed by atoms with E-state index in [9.17, 15) is 8.42 Å². The lowest BCUT2D eigenvalue weighted by atomic mass is 10.4. The maximum Gasteiger partial charge on any atom is 0.243 e. The van der Waals surface area contributed by atoms with E-state index in [1.165, 1.54) is 6.20 Å². The molecular formula is C11H22N4O2S2. The Hall–Kier alpha value is -0.570.